The lowest BCUT2D eigenvalue weighted by molar-refractivity contribution is -0.0403. The van der Waals surface area contributed by atoms with Gasteiger partial charge in [-0.2, -0.15) is 15.0 Å². The number of hydrogen-bond donors (Lipinski definition) is 1. The van der Waals surface area contributed by atoms with Crippen LogP contribution < -0.4 is 10.1 Å². The maximum Gasteiger partial charge on any atom is 0.140 e. The number of likely N-dealkylation sites (N-methyl/N-ethyl adjacent to an activating group) is 1. The van der Waals surface area contributed by atoms with Gasteiger partial charge in [0.15, 0.2) is 0 Å². The molecule has 0 spiro atoms. The van der Waals surface area contributed by atoms with E-state index in [4.69, 9.17) is 9.47 Å². The Morgan fingerprint density at radius 2 is 1.92 bits per heavy atom. The van der Waals surface area contributed by atoms with Crippen molar-refractivity contribution in [1.82, 2.24) is 39.2 Å². The number of imidazole rings is 1. The standard InChI is InChI=1S/C27H29N9O2/c1-34-9-10-37-22(16-34)17-38-21-7-8-36-25(15-29-27(36)11-21)23-12-26(31-18-30-23)28-13-19-3-5-20(6-4-19)24-14-32-35(2)33-24/h3-8,11-12,14-15,18,22H,9-10,13,16-17H2,1-2H3,(H,28,30,31)/t22-/m1/s1. The van der Waals surface area contributed by atoms with E-state index >= 15 is 0 Å². The van der Waals surface area contributed by atoms with Gasteiger partial charge in [0.1, 0.15) is 41.9 Å². The van der Waals surface area contributed by atoms with Gasteiger partial charge in [-0.3, -0.25) is 4.40 Å². The van der Waals surface area contributed by atoms with Crippen molar-refractivity contribution in [1.29, 1.82) is 0 Å². The zero-order chi connectivity index (χ0) is 25.9. The molecule has 0 aliphatic carbocycles. The lowest BCUT2D eigenvalue weighted by atomic mass is 10.1. The lowest BCUT2D eigenvalue weighted by Gasteiger charge is -2.29. The van der Waals surface area contributed by atoms with Crippen molar-refractivity contribution in [3.8, 4) is 28.4 Å². The third-order valence-corrected chi connectivity index (χ3v) is 6.51. The minimum absolute atomic E-state index is 0.0725. The Balaban J connectivity index is 1.11. The average molecular weight is 512 g/mol. The third-order valence-electron chi connectivity index (χ3n) is 6.51. The molecule has 0 radical (unpaired) electrons. The predicted molar refractivity (Wildman–Crippen MR) is 143 cm³/mol. The van der Waals surface area contributed by atoms with Gasteiger partial charge < -0.3 is 19.7 Å². The summed E-state index contributed by atoms with van der Waals surface area (Å²) in [7, 11) is 3.91. The van der Waals surface area contributed by atoms with Gasteiger partial charge in [0, 0.05) is 50.6 Å². The number of benzene rings is 1. The number of ether oxygens (including phenoxy) is 2. The molecule has 1 atom stereocenters. The van der Waals surface area contributed by atoms with Gasteiger partial charge >= 0.3 is 0 Å². The molecule has 1 aromatic carbocycles. The maximum atomic E-state index is 6.00. The van der Waals surface area contributed by atoms with Gasteiger partial charge in [-0.1, -0.05) is 24.3 Å². The first kappa shape index (κ1) is 24.0. The largest absolute Gasteiger partial charge is 0.491 e. The first-order chi connectivity index (χ1) is 18.6. The van der Waals surface area contributed by atoms with Gasteiger partial charge in [0.25, 0.3) is 0 Å². The highest BCUT2D eigenvalue weighted by Gasteiger charge is 2.18. The molecule has 0 unspecified atom stereocenters. The minimum atomic E-state index is 0.0725. The lowest BCUT2D eigenvalue weighted by Crippen LogP contribution is -2.42. The molecule has 1 aliphatic rings. The smallest absolute Gasteiger partial charge is 0.140 e. The molecule has 5 aromatic rings. The second-order valence-corrected chi connectivity index (χ2v) is 9.36. The zero-order valence-corrected chi connectivity index (χ0v) is 21.4. The quantitative estimate of drug-likeness (QED) is 0.336. The van der Waals surface area contributed by atoms with Crippen LogP contribution in [0.5, 0.6) is 5.75 Å². The number of hydrogen-bond acceptors (Lipinski definition) is 9. The Morgan fingerprint density at radius 1 is 1.03 bits per heavy atom. The molecule has 1 saturated heterocycles. The number of fused-ring (bicyclic) bond motifs is 1. The van der Waals surface area contributed by atoms with Crippen LogP contribution in [0.25, 0.3) is 28.3 Å². The van der Waals surface area contributed by atoms with Crippen molar-refractivity contribution in [2.45, 2.75) is 12.6 Å². The van der Waals surface area contributed by atoms with Crippen molar-refractivity contribution in [3.05, 3.63) is 72.9 Å². The SMILES string of the molecule is CN1CCO[C@@H](COc2ccn3c(-c4cc(NCc5ccc(-c6cnn(C)n6)cc5)ncn4)cnc3c2)C1. The molecule has 5 heterocycles. The van der Waals surface area contributed by atoms with Gasteiger partial charge in [-0.15, -0.1) is 0 Å². The molecule has 0 bridgehead atoms. The summed E-state index contributed by atoms with van der Waals surface area (Å²) < 4.78 is 13.8. The predicted octanol–water partition coefficient (Wildman–Crippen LogP) is 2.91. The fraction of sp³-hybridized carbons (Fsp3) is 0.296. The number of anilines is 1. The molecule has 1 N–H and O–H groups in total. The Hall–Kier alpha value is -4.35. The summed E-state index contributed by atoms with van der Waals surface area (Å²) in [6.45, 7) is 3.70. The number of nitrogens with one attached hydrogen (secondary N) is 1. The number of aryl methyl sites for hydroxylation is 1. The highest BCUT2D eigenvalue weighted by Crippen LogP contribution is 2.24. The molecule has 194 valence electrons. The Morgan fingerprint density at radius 3 is 2.74 bits per heavy atom. The van der Waals surface area contributed by atoms with Crippen molar-refractivity contribution in [2.75, 3.05) is 38.7 Å². The molecule has 6 rings (SSSR count). The van der Waals surface area contributed by atoms with Crippen LogP contribution in [0.3, 0.4) is 0 Å². The van der Waals surface area contributed by atoms with E-state index in [9.17, 15) is 0 Å². The zero-order valence-electron chi connectivity index (χ0n) is 21.4. The van der Waals surface area contributed by atoms with Crippen molar-refractivity contribution in [3.63, 3.8) is 0 Å². The second kappa shape index (κ2) is 10.6. The van der Waals surface area contributed by atoms with E-state index in [1.54, 1.807) is 17.3 Å². The summed E-state index contributed by atoms with van der Waals surface area (Å²) in [5.74, 6) is 1.50. The highest BCUT2D eigenvalue weighted by atomic mass is 16.5. The minimum Gasteiger partial charge on any atom is -0.491 e. The van der Waals surface area contributed by atoms with Crippen LogP contribution in [0, 0.1) is 0 Å². The van der Waals surface area contributed by atoms with Gasteiger partial charge in [-0.25, -0.2) is 15.0 Å². The Bertz CT molecular complexity index is 1530. The number of pyridine rings is 1. The van der Waals surface area contributed by atoms with Crippen LogP contribution in [0.1, 0.15) is 5.56 Å². The van der Waals surface area contributed by atoms with E-state index < -0.39 is 0 Å². The van der Waals surface area contributed by atoms with Crippen molar-refractivity contribution >= 4 is 11.5 Å². The number of aromatic nitrogens is 7. The summed E-state index contributed by atoms with van der Waals surface area (Å²) in [5.41, 5.74) is 5.45. The highest BCUT2D eigenvalue weighted by molar-refractivity contribution is 5.63. The number of rotatable bonds is 8. The summed E-state index contributed by atoms with van der Waals surface area (Å²) >= 11 is 0. The van der Waals surface area contributed by atoms with Gasteiger partial charge in [0.05, 0.1) is 30.4 Å². The topological polar surface area (TPSA) is 108 Å². The van der Waals surface area contributed by atoms with Crippen LogP contribution >= 0.6 is 0 Å². The molecule has 11 nitrogen and oxygen atoms in total. The summed E-state index contributed by atoms with van der Waals surface area (Å²) in [6.07, 6.45) is 7.16. The first-order valence-electron chi connectivity index (χ1n) is 12.5. The monoisotopic (exact) mass is 511 g/mol. The van der Waals surface area contributed by atoms with Crippen molar-refractivity contribution in [2.24, 2.45) is 7.05 Å². The Labute approximate surface area is 220 Å². The summed E-state index contributed by atoms with van der Waals surface area (Å²) in [4.78, 5) is 17.3. The first-order valence-corrected chi connectivity index (χ1v) is 12.5. The van der Waals surface area contributed by atoms with E-state index in [2.05, 4.69) is 54.5 Å². The molecule has 38 heavy (non-hydrogen) atoms. The molecule has 0 amide bonds. The molecule has 11 heteroatoms. The molecule has 0 saturated carbocycles. The maximum absolute atomic E-state index is 6.00. The molecular weight excluding hydrogens is 482 g/mol. The van der Waals surface area contributed by atoms with E-state index in [1.165, 1.54) is 0 Å². The third kappa shape index (κ3) is 5.34. The Kier molecular flexibility index (Phi) is 6.67. The summed E-state index contributed by atoms with van der Waals surface area (Å²) in [6, 6.07) is 14.0. The average Bonchev–Trinajstić information content (AvgIpc) is 3.57. The molecule has 4 aromatic heterocycles. The fourth-order valence-corrected chi connectivity index (χ4v) is 4.46. The van der Waals surface area contributed by atoms with E-state index in [1.807, 2.05) is 54.2 Å². The number of morpholine rings is 1. The molecular formula is C27H29N9O2. The van der Waals surface area contributed by atoms with Gasteiger partial charge in [-0.05, 0) is 18.7 Å². The van der Waals surface area contributed by atoms with E-state index in [0.717, 1.165) is 65.1 Å². The van der Waals surface area contributed by atoms with Crippen LogP contribution in [-0.4, -0.2) is 78.7 Å². The molecule has 1 aliphatic heterocycles. The van der Waals surface area contributed by atoms with Gasteiger partial charge in [0.2, 0.25) is 0 Å². The number of nitrogens with zero attached hydrogens (tertiary/aromatic N) is 8. The van der Waals surface area contributed by atoms with Crippen LogP contribution in [0.2, 0.25) is 0 Å². The normalized spacial score (nSPS) is 16.1. The van der Waals surface area contributed by atoms with Crippen LogP contribution in [0.4, 0.5) is 5.82 Å². The summed E-state index contributed by atoms with van der Waals surface area (Å²) in [5, 5.41) is 11.9. The second-order valence-electron chi connectivity index (χ2n) is 9.36. The van der Waals surface area contributed by atoms with Crippen LogP contribution in [-0.2, 0) is 18.3 Å². The fourth-order valence-electron chi connectivity index (χ4n) is 4.46. The van der Waals surface area contributed by atoms with E-state index in [-0.39, 0.29) is 6.10 Å². The van der Waals surface area contributed by atoms with Crippen LogP contribution in [0.15, 0.2) is 67.4 Å². The molecule has 1 fully saturated rings. The van der Waals surface area contributed by atoms with Crippen molar-refractivity contribution < 1.29 is 9.47 Å². The van der Waals surface area contributed by atoms with E-state index in [0.29, 0.717) is 13.2 Å².